The van der Waals surface area contributed by atoms with Crippen molar-refractivity contribution < 1.29 is 4.39 Å². The predicted octanol–water partition coefficient (Wildman–Crippen LogP) is 2.25. The molecule has 4 nitrogen and oxygen atoms in total. The van der Waals surface area contributed by atoms with Gasteiger partial charge in [0.05, 0.1) is 12.4 Å². The largest absolute Gasteiger partial charge is 0.354 e. The van der Waals surface area contributed by atoms with Crippen LogP contribution in [0.15, 0.2) is 12.4 Å². The number of hydrogen-bond acceptors (Lipinski definition) is 5. The summed E-state index contributed by atoms with van der Waals surface area (Å²) in [5, 5.41) is 3.21. The zero-order valence-corrected chi connectivity index (χ0v) is 12.4. The van der Waals surface area contributed by atoms with E-state index >= 15 is 0 Å². The number of nitrogens with one attached hydrogen (secondary N) is 1. The maximum Gasteiger partial charge on any atom is 0.222 e. The van der Waals surface area contributed by atoms with Crippen molar-refractivity contribution in [2.45, 2.75) is 25.3 Å². The SMILES string of the molecule is Fc1cnc(NCC2CCN(C3CCSC3)CC2)nc1. The van der Waals surface area contributed by atoms with Gasteiger partial charge in [-0.25, -0.2) is 14.4 Å². The Balaban J connectivity index is 1.41. The van der Waals surface area contributed by atoms with Crippen LogP contribution in [0.5, 0.6) is 0 Å². The molecular formula is C14H21FN4S. The van der Waals surface area contributed by atoms with Crippen LogP contribution in [-0.4, -0.2) is 52.0 Å². The Labute approximate surface area is 123 Å². The Morgan fingerprint density at radius 2 is 2.00 bits per heavy atom. The van der Waals surface area contributed by atoms with Crippen LogP contribution in [0.25, 0.3) is 0 Å². The maximum absolute atomic E-state index is 12.7. The summed E-state index contributed by atoms with van der Waals surface area (Å²) < 4.78 is 12.7. The summed E-state index contributed by atoms with van der Waals surface area (Å²) in [7, 11) is 0. The van der Waals surface area contributed by atoms with Crippen LogP contribution in [0.3, 0.4) is 0 Å². The molecule has 1 aromatic rings. The lowest BCUT2D eigenvalue weighted by atomic mass is 9.95. The minimum atomic E-state index is -0.390. The molecule has 1 atom stereocenters. The lowest BCUT2D eigenvalue weighted by molar-refractivity contribution is 0.148. The van der Waals surface area contributed by atoms with E-state index in [0.717, 1.165) is 12.6 Å². The molecule has 110 valence electrons. The lowest BCUT2D eigenvalue weighted by Crippen LogP contribution is -2.42. The second-order valence-electron chi connectivity index (χ2n) is 5.60. The van der Waals surface area contributed by atoms with E-state index in [2.05, 4.69) is 31.9 Å². The molecule has 1 aromatic heterocycles. The molecule has 1 unspecified atom stereocenters. The standard InChI is InChI=1S/C14H21FN4S/c15-12-8-17-14(18-9-12)16-7-11-1-4-19(5-2-11)13-3-6-20-10-13/h8-9,11,13H,1-7,10H2,(H,16,17,18). The van der Waals surface area contributed by atoms with Crippen molar-refractivity contribution in [1.82, 2.24) is 14.9 Å². The Kier molecular flexibility index (Phi) is 4.73. The summed E-state index contributed by atoms with van der Waals surface area (Å²) in [5.74, 6) is 3.45. The van der Waals surface area contributed by atoms with Crippen LogP contribution >= 0.6 is 11.8 Å². The summed E-state index contributed by atoms with van der Waals surface area (Å²) in [6, 6.07) is 0.814. The first-order valence-corrected chi connectivity index (χ1v) is 8.50. The summed E-state index contributed by atoms with van der Waals surface area (Å²) >= 11 is 2.08. The average Bonchev–Trinajstić information content (AvgIpc) is 3.01. The number of halogens is 1. The van der Waals surface area contributed by atoms with E-state index in [1.54, 1.807) is 0 Å². The molecule has 0 aromatic carbocycles. The van der Waals surface area contributed by atoms with Gasteiger partial charge < -0.3 is 5.32 Å². The second kappa shape index (κ2) is 6.72. The highest BCUT2D eigenvalue weighted by Gasteiger charge is 2.27. The average molecular weight is 296 g/mol. The van der Waals surface area contributed by atoms with E-state index in [4.69, 9.17) is 0 Å². The number of nitrogens with zero attached hydrogens (tertiary/aromatic N) is 3. The van der Waals surface area contributed by atoms with Gasteiger partial charge in [-0.05, 0) is 44.0 Å². The van der Waals surface area contributed by atoms with Crippen molar-refractivity contribution >= 4 is 17.7 Å². The first-order valence-electron chi connectivity index (χ1n) is 7.34. The molecule has 2 aliphatic heterocycles. The third-order valence-corrected chi connectivity index (χ3v) is 5.39. The molecule has 0 spiro atoms. The van der Waals surface area contributed by atoms with Crippen molar-refractivity contribution in [3.05, 3.63) is 18.2 Å². The molecule has 6 heteroatoms. The quantitative estimate of drug-likeness (QED) is 0.923. The third-order valence-electron chi connectivity index (χ3n) is 4.24. The third kappa shape index (κ3) is 3.61. The Bertz CT molecular complexity index is 414. The van der Waals surface area contributed by atoms with Gasteiger partial charge in [0.1, 0.15) is 0 Å². The first kappa shape index (κ1) is 14.1. The van der Waals surface area contributed by atoms with Gasteiger partial charge in [0, 0.05) is 18.3 Å². The summed E-state index contributed by atoms with van der Waals surface area (Å²) in [4.78, 5) is 10.5. The number of aromatic nitrogens is 2. The first-order chi connectivity index (χ1) is 9.81. The van der Waals surface area contributed by atoms with Gasteiger partial charge in [-0.2, -0.15) is 11.8 Å². The van der Waals surface area contributed by atoms with E-state index in [0.29, 0.717) is 11.9 Å². The lowest BCUT2D eigenvalue weighted by Gasteiger charge is -2.35. The van der Waals surface area contributed by atoms with Gasteiger partial charge in [-0.1, -0.05) is 0 Å². The molecule has 3 heterocycles. The Hall–Kier alpha value is -0.880. The van der Waals surface area contributed by atoms with Crippen LogP contribution in [0.2, 0.25) is 0 Å². The fraction of sp³-hybridized carbons (Fsp3) is 0.714. The molecule has 0 saturated carbocycles. The topological polar surface area (TPSA) is 41.1 Å². The number of thioether (sulfide) groups is 1. The number of rotatable bonds is 4. The molecule has 1 N–H and O–H groups in total. The van der Waals surface area contributed by atoms with E-state index in [9.17, 15) is 4.39 Å². The van der Waals surface area contributed by atoms with Crippen molar-refractivity contribution in [3.8, 4) is 0 Å². The molecule has 0 radical (unpaired) electrons. The van der Waals surface area contributed by atoms with Crippen LogP contribution in [0.4, 0.5) is 10.3 Å². The highest BCUT2D eigenvalue weighted by molar-refractivity contribution is 7.99. The number of likely N-dealkylation sites (tertiary alicyclic amines) is 1. The predicted molar refractivity (Wildman–Crippen MR) is 80.5 cm³/mol. The number of piperidine rings is 1. The summed E-state index contributed by atoms with van der Waals surface area (Å²) in [6.07, 6.45) is 6.23. The fourth-order valence-corrected chi connectivity index (χ4v) is 4.23. The van der Waals surface area contributed by atoms with Gasteiger partial charge >= 0.3 is 0 Å². The second-order valence-corrected chi connectivity index (χ2v) is 6.75. The van der Waals surface area contributed by atoms with Gasteiger partial charge in [-0.15, -0.1) is 0 Å². The highest BCUT2D eigenvalue weighted by atomic mass is 32.2. The minimum Gasteiger partial charge on any atom is -0.354 e. The fourth-order valence-electron chi connectivity index (χ4n) is 2.97. The normalized spacial score (nSPS) is 24.9. The van der Waals surface area contributed by atoms with Gasteiger partial charge in [0.2, 0.25) is 5.95 Å². The molecule has 3 rings (SSSR count). The van der Waals surface area contributed by atoms with Crippen molar-refractivity contribution in [1.29, 1.82) is 0 Å². The summed E-state index contributed by atoms with van der Waals surface area (Å²) in [5.41, 5.74) is 0. The minimum absolute atomic E-state index is 0.390. The molecule has 2 aliphatic rings. The van der Waals surface area contributed by atoms with E-state index in [1.165, 1.54) is 56.3 Å². The maximum atomic E-state index is 12.7. The van der Waals surface area contributed by atoms with Gasteiger partial charge in [0.15, 0.2) is 5.82 Å². The van der Waals surface area contributed by atoms with Crippen molar-refractivity contribution in [2.24, 2.45) is 5.92 Å². The van der Waals surface area contributed by atoms with E-state index in [1.807, 2.05) is 0 Å². The van der Waals surface area contributed by atoms with E-state index in [-0.39, 0.29) is 0 Å². The highest BCUT2D eigenvalue weighted by Crippen LogP contribution is 2.26. The van der Waals surface area contributed by atoms with Crippen molar-refractivity contribution in [3.63, 3.8) is 0 Å². The molecule has 0 aliphatic carbocycles. The summed E-state index contributed by atoms with van der Waals surface area (Å²) in [6.45, 7) is 3.31. The van der Waals surface area contributed by atoms with Crippen LogP contribution < -0.4 is 5.32 Å². The molecular weight excluding hydrogens is 275 g/mol. The zero-order chi connectivity index (χ0) is 13.8. The molecule has 0 amide bonds. The number of hydrogen-bond donors (Lipinski definition) is 1. The van der Waals surface area contributed by atoms with Crippen LogP contribution in [0.1, 0.15) is 19.3 Å². The molecule has 0 bridgehead atoms. The van der Waals surface area contributed by atoms with Gasteiger partial charge in [0.25, 0.3) is 0 Å². The molecule has 20 heavy (non-hydrogen) atoms. The molecule has 2 saturated heterocycles. The zero-order valence-electron chi connectivity index (χ0n) is 11.6. The van der Waals surface area contributed by atoms with Gasteiger partial charge in [-0.3, -0.25) is 4.90 Å². The Morgan fingerprint density at radius 1 is 1.25 bits per heavy atom. The smallest absolute Gasteiger partial charge is 0.222 e. The van der Waals surface area contributed by atoms with Crippen LogP contribution in [-0.2, 0) is 0 Å². The van der Waals surface area contributed by atoms with Crippen molar-refractivity contribution in [2.75, 3.05) is 36.5 Å². The van der Waals surface area contributed by atoms with E-state index < -0.39 is 5.82 Å². The molecule has 2 fully saturated rings. The van der Waals surface area contributed by atoms with Crippen LogP contribution in [0, 0.1) is 11.7 Å². The monoisotopic (exact) mass is 296 g/mol. The number of anilines is 1. The Morgan fingerprint density at radius 3 is 2.65 bits per heavy atom.